The molecule has 0 saturated heterocycles. The van der Waals surface area contributed by atoms with Gasteiger partial charge in [0.05, 0.1) is 0 Å². The summed E-state index contributed by atoms with van der Waals surface area (Å²) >= 11 is 0. The van der Waals surface area contributed by atoms with Gasteiger partial charge in [0.25, 0.3) is 0 Å². The first-order valence-corrected chi connectivity index (χ1v) is 5.98. The Labute approximate surface area is 106 Å². The predicted molar refractivity (Wildman–Crippen MR) is 69.9 cm³/mol. The lowest BCUT2D eigenvalue weighted by atomic mass is 10.1. The standard InChI is InChI=1S/C15H16FNO/c16-14-7-3-1-6-13(14)11-17-10-9-12-5-2-4-8-15(12)18/h1-8,17-18H,9-11H2. The van der Waals surface area contributed by atoms with Crippen LogP contribution < -0.4 is 5.32 Å². The second-order valence-corrected chi connectivity index (χ2v) is 4.15. The first-order valence-electron chi connectivity index (χ1n) is 5.98. The zero-order valence-corrected chi connectivity index (χ0v) is 10.1. The van der Waals surface area contributed by atoms with Crippen molar-refractivity contribution in [2.24, 2.45) is 0 Å². The number of para-hydroxylation sites is 1. The molecule has 0 saturated carbocycles. The molecule has 2 aromatic carbocycles. The highest BCUT2D eigenvalue weighted by atomic mass is 19.1. The van der Waals surface area contributed by atoms with Gasteiger partial charge in [0, 0.05) is 12.1 Å². The van der Waals surface area contributed by atoms with Crippen LogP contribution in [0.5, 0.6) is 5.75 Å². The summed E-state index contributed by atoms with van der Waals surface area (Å²) in [6.07, 6.45) is 0.723. The van der Waals surface area contributed by atoms with Crippen LogP contribution in [-0.2, 0) is 13.0 Å². The summed E-state index contributed by atoms with van der Waals surface area (Å²) < 4.78 is 13.3. The number of halogens is 1. The Morgan fingerprint density at radius 2 is 1.61 bits per heavy atom. The van der Waals surface area contributed by atoms with Crippen LogP contribution in [0.2, 0.25) is 0 Å². The summed E-state index contributed by atoms with van der Waals surface area (Å²) in [6.45, 7) is 1.20. The predicted octanol–water partition coefficient (Wildman–Crippen LogP) is 2.86. The zero-order valence-electron chi connectivity index (χ0n) is 10.1. The minimum atomic E-state index is -0.187. The van der Waals surface area contributed by atoms with Crippen molar-refractivity contribution in [2.45, 2.75) is 13.0 Å². The van der Waals surface area contributed by atoms with Gasteiger partial charge in [-0.15, -0.1) is 0 Å². The van der Waals surface area contributed by atoms with Gasteiger partial charge in [0.1, 0.15) is 11.6 Å². The van der Waals surface area contributed by atoms with Crippen molar-refractivity contribution >= 4 is 0 Å². The first-order chi connectivity index (χ1) is 8.77. The summed E-state index contributed by atoms with van der Waals surface area (Å²) in [5, 5.41) is 12.8. The van der Waals surface area contributed by atoms with Gasteiger partial charge < -0.3 is 10.4 Å². The van der Waals surface area contributed by atoms with Crippen molar-refractivity contribution in [1.82, 2.24) is 5.32 Å². The lowest BCUT2D eigenvalue weighted by molar-refractivity contribution is 0.466. The van der Waals surface area contributed by atoms with Gasteiger partial charge in [-0.1, -0.05) is 36.4 Å². The Kier molecular flexibility index (Phi) is 4.31. The fourth-order valence-electron chi connectivity index (χ4n) is 1.81. The molecule has 94 valence electrons. The van der Waals surface area contributed by atoms with E-state index in [4.69, 9.17) is 0 Å². The van der Waals surface area contributed by atoms with Crippen molar-refractivity contribution in [1.29, 1.82) is 0 Å². The second kappa shape index (κ2) is 6.17. The molecular weight excluding hydrogens is 229 g/mol. The number of nitrogens with one attached hydrogen (secondary N) is 1. The van der Waals surface area contributed by atoms with E-state index in [1.165, 1.54) is 6.07 Å². The molecule has 0 fully saturated rings. The van der Waals surface area contributed by atoms with E-state index in [0.717, 1.165) is 12.0 Å². The minimum Gasteiger partial charge on any atom is -0.508 e. The highest BCUT2D eigenvalue weighted by molar-refractivity contribution is 5.31. The normalized spacial score (nSPS) is 10.5. The Morgan fingerprint density at radius 1 is 0.944 bits per heavy atom. The van der Waals surface area contributed by atoms with E-state index in [9.17, 15) is 9.50 Å². The van der Waals surface area contributed by atoms with E-state index < -0.39 is 0 Å². The maximum atomic E-state index is 13.3. The molecule has 0 unspecified atom stereocenters. The fourth-order valence-corrected chi connectivity index (χ4v) is 1.81. The third kappa shape index (κ3) is 3.31. The Balaban J connectivity index is 1.80. The van der Waals surface area contributed by atoms with Gasteiger partial charge >= 0.3 is 0 Å². The molecule has 2 N–H and O–H groups in total. The highest BCUT2D eigenvalue weighted by Gasteiger charge is 2.01. The fraction of sp³-hybridized carbons (Fsp3) is 0.200. The van der Waals surface area contributed by atoms with E-state index in [0.29, 0.717) is 24.4 Å². The van der Waals surface area contributed by atoms with Gasteiger partial charge in [-0.2, -0.15) is 0 Å². The monoisotopic (exact) mass is 245 g/mol. The molecule has 0 atom stereocenters. The molecule has 0 heterocycles. The maximum Gasteiger partial charge on any atom is 0.127 e. The Hall–Kier alpha value is -1.87. The summed E-state index contributed by atoms with van der Waals surface area (Å²) in [5.41, 5.74) is 1.56. The van der Waals surface area contributed by atoms with Crippen LogP contribution in [0.15, 0.2) is 48.5 Å². The van der Waals surface area contributed by atoms with Crippen LogP contribution in [0, 0.1) is 5.82 Å². The number of benzene rings is 2. The van der Waals surface area contributed by atoms with Gasteiger partial charge in [-0.05, 0) is 30.7 Å². The average molecular weight is 245 g/mol. The molecule has 0 aliphatic rings. The third-order valence-corrected chi connectivity index (χ3v) is 2.84. The summed E-state index contributed by atoms with van der Waals surface area (Å²) in [6, 6.07) is 14.0. The van der Waals surface area contributed by atoms with E-state index in [1.54, 1.807) is 24.3 Å². The molecular formula is C15H16FNO. The number of phenols is 1. The summed E-state index contributed by atoms with van der Waals surface area (Å²) in [5.74, 6) is 0.123. The van der Waals surface area contributed by atoms with Crippen molar-refractivity contribution < 1.29 is 9.50 Å². The summed E-state index contributed by atoms with van der Waals surface area (Å²) in [4.78, 5) is 0. The molecule has 0 aliphatic carbocycles. The first kappa shape index (κ1) is 12.6. The van der Waals surface area contributed by atoms with Crippen LogP contribution in [0.3, 0.4) is 0 Å². The molecule has 0 bridgehead atoms. The maximum absolute atomic E-state index is 13.3. The van der Waals surface area contributed by atoms with Gasteiger partial charge in [0.15, 0.2) is 0 Å². The third-order valence-electron chi connectivity index (χ3n) is 2.84. The van der Waals surface area contributed by atoms with E-state index in [-0.39, 0.29) is 5.82 Å². The molecule has 0 aliphatic heterocycles. The van der Waals surface area contributed by atoms with Crippen molar-refractivity contribution in [3.8, 4) is 5.75 Å². The SMILES string of the molecule is Oc1ccccc1CCNCc1ccccc1F. The molecule has 2 rings (SSSR count). The van der Waals surface area contributed by atoms with Crippen LogP contribution in [0.25, 0.3) is 0 Å². The van der Waals surface area contributed by atoms with Crippen molar-refractivity contribution in [3.63, 3.8) is 0 Å². The molecule has 0 aromatic heterocycles. The van der Waals surface area contributed by atoms with Crippen LogP contribution in [0.4, 0.5) is 4.39 Å². The number of hydrogen-bond acceptors (Lipinski definition) is 2. The van der Waals surface area contributed by atoms with Gasteiger partial charge in [-0.3, -0.25) is 0 Å². The Morgan fingerprint density at radius 3 is 2.33 bits per heavy atom. The van der Waals surface area contributed by atoms with Gasteiger partial charge in [-0.25, -0.2) is 4.39 Å². The van der Waals surface area contributed by atoms with E-state index >= 15 is 0 Å². The zero-order chi connectivity index (χ0) is 12.8. The van der Waals surface area contributed by atoms with E-state index in [1.807, 2.05) is 18.2 Å². The van der Waals surface area contributed by atoms with E-state index in [2.05, 4.69) is 5.32 Å². The Bertz CT molecular complexity index is 466. The largest absolute Gasteiger partial charge is 0.508 e. The molecule has 0 radical (unpaired) electrons. The lowest BCUT2D eigenvalue weighted by Crippen LogP contribution is -2.17. The second-order valence-electron chi connectivity index (χ2n) is 4.15. The van der Waals surface area contributed by atoms with Crippen LogP contribution >= 0.6 is 0 Å². The molecule has 18 heavy (non-hydrogen) atoms. The number of aromatic hydroxyl groups is 1. The highest BCUT2D eigenvalue weighted by Crippen LogP contribution is 2.15. The number of phenolic OH excluding ortho intramolecular Hbond substituents is 1. The number of rotatable bonds is 5. The molecule has 0 amide bonds. The topological polar surface area (TPSA) is 32.3 Å². The minimum absolute atomic E-state index is 0.187. The molecule has 3 heteroatoms. The van der Waals surface area contributed by atoms with Crippen LogP contribution in [0.1, 0.15) is 11.1 Å². The lowest BCUT2D eigenvalue weighted by Gasteiger charge is -2.07. The number of hydrogen-bond donors (Lipinski definition) is 2. The van der Waals surface area contributed by atoms with Crippen molar-refractivity contribution in [2.75, 3.05) is 6.54 Å². The van der Waals surface area contributed by atoms with Gasteiger partial charge in [0.2, 0.25) is 0 Å². The van der Waals surface area contributed by atoms with Crippen LogP contribution in [-0.4, -0.2) is 11.7 Å². The van der Waals surface area contributed by atoms with Crippen molar-refractivity contribution in [3.05, 3.63) is 65.5 Å². The molecule has 0 spiro atoms. The quantitative estimate of drug-likeness (QED) is 0.794. The molecule has 2 nitrogen and oxygen atoms in total. The average Bonchev–Trinajstić information content (AvgIpc) is 2.38. The smallest absolute Gasteiger partial charge is 0.127 e. The molecule has 2 aromatic rings. The summed E-state index contributed by atoms with van der Waals surface area (Å²) in [7, 11) is 0.